The summed E-state index contributed by atoms with van der Waals surface area (Å²) >= 11 is 0. The lowest BCUT2D eigenvalue weighted by molar-refractivity contribution is 0.157. The maximum Gasteiger partial charge on any atom is 0.123 e. The lowest BCUT2D eigenvalue weighted by Gasteiger charge is -2.36. The molecule has 0 saturated carbocycles. The van der Waals surface area contributed by atoms with Crippen LogP contribution in [0, 0.1) is 12.7 Å². The summed E-state index contributed by atoms with van der Waals surface area (Å²) in [5, 5.41) is 0. The molecule has 0 N–H and O–H groups in total. The molecule has 3 heteroatoms. The van der Waals surface area contributed by atoms with Crippen LogP contribution >= 0.6 is 0 Å². The Hall–Kier alpha value is -2.13. The molecule has 1 aliphatic rings. The minimum atomic E-state index is -0.156. The maximum atomic E-state index is 13.0. The number of nitrogens with zero attached hydrogens (tertiary/aromatic N) is 2. The number of halogens is 1. The van der Waals surface area contributed by atoms with Crippen LogP contribution in [0.3, 0.4) is 0 Å². The quantitative estimate of drug-likeness (QED) is 0.741. The van der Waals surface area contributed by atoms with Gasteiger partial charge in [-0.05, 0) is 61.7 Å². The smallest absolute Gasteiger partial charge is 0.123 e. The van der Waals surface area contributed by atoms with Gasteiger partial charge in [0.05, 0.1) is 0 Å². The van der Waals surface area contributed by atoms with Crippen LogP contribution < -0.4 is 0 Å². The molecule has 0 radical (unpaired) electrons. The van der Waals surface area contributed by atoms with Crippen LogP contribution in [-0.4, -0.2) is 42.5 Å². The molecular formula is C23H29FN2. The van der Waals surface area contributed by atoms with Gasteiger partial charge in [-0.25, -0.2) is 4.39 Å². The van der Waals surface area contributed by atoms with E-state index in [4.69, 9.17) is 0 Å². The summed E-state index contributed by atoms with van der Waals surface area (Å²) in [6.45, 7) is 5.44. The molecule has 1 saturated heterocycles. The first-order chi connectivity index (χ1) is 12.6. The summed E-state index contributed by atoms with van der Waals surface area (Å²) < 4.78 is 13.0. The highest BCUT2D eigenvalue weighted by Crippen LogP contribution is 2.17. The summed E-state index contributed by atoms with van der Waals surface area (Å²) in [4.78, 5) is 4.88. The number of likely N-dealkylation sites (tertiary alicyclic amines) is 1. The van der Waals surface area contributed by atoms with Gasteiger partial charge >= 0.3 is 0 Å². The van der Waals surface area contributed by atoms with Gasteiger partial charge in [0.25, 0.3) is 0 Å². The maximum absolute atomic E-state index is 13.0. The van der Waals surface area contributed by atoms with Crippen LogP contribution in [0.15, 0.2) is 54.7 Å². The van der Waals surface area contributed by atoms with Gasteiger partial charge in [-0.3, -0.25) is 0 Å². The Kier molecular flexibility index (Phi) is 6.45. The van der Waals surface area contributed by atoms with Gasteiger partial charge in [0.2, 0.25) is 0 Å². The number of rotatable bonds is 6. The molecule has 0 amide bonds. The Morgan fingerprint density at radius 2 is 1.69 bits per heavy atom. The van der Waals surface area contributed by atoms with Crippen LogP contribution in [0.1, 0.15) is 29.5 Å². The van der Waals surface area contributed by atoms with Gasteiger partial charge in [0.1, 0.15) is 5.82 Å². The van der Waals surface area contributed by atoms with Crippen molar-refractivity contribution in [2.45, 2.75) is 32.2 Å². The standard InChI is InChI=1S/C23H29FN2/c1-19-3-5-20(6-4-19)11-15-25(2)23-13-17-26(18-14-23)16-12-21-7-9-22(24)10-8-21/h3-11,15,23H,12-14,16-18H2,1-2H3/b15-11-. The van der Waals surface area contributed by atoms with Gasteiger partial charge in [0, 0.05) is 32.7 Å². The molecule has 2 nitrogen and oxygen atoms in total. The predicted molar refractivity (Wildman–Crippen MR) is 108 cm³/mol. The number of piperidine rings is 1. The van der Waals surface area contributed by atoms with Crippen molar-refractivity contribution in [3.05, 3.63) is 77.2 Å². The second kappa shape index (κ2) is 9.00. The first-order valence-electron chi connectivity index (χ1n) is 9.54. The van der Waals surface area contributed by atoms with Crippen LogP contribution in [-0.2, 0) is 6.42 Å². The number of hydrogen-bond acceptors (Lipinski definition) is 2. The summed E-state index contributed by atoms with van der Waals surface area (Å²) in [7, 11) is 2.18. The zero-order chi connectivity index (χ0) is 18.4. The van der Waals surface area contributed by atoms with E-state index in [9.17, 15) is 4.39 Å². The van der Waals surface area contributed by atoms with E-state index < -0.39 is 0 Å². The zero-order valence-corrected chi connectivity index (χ0v) is 15.9. The van der Waals surface area contributed by atoms with E-state index in [1.807, 2.05) is 12.1 Å². The van der Waals surface area contributed by atoms with Crippen molar-refractivity contribution in [1.82, 2.24) is 9.80 Å². The Morgan fingerprint density at radius 3 is 2.35 bits per heavy atom. The molecule has 2 aromatic carbocycles. The Balaban J connectivity index is 1.42. The van der Waals surface area contributed by atoms with Crippen molar-refractivity contribution in [3.8, 4) is 0 Å². The van der Waals surface area contributed by atoms with E-state index in [1.54, 1.807) is 12.1 Å². The van der Waals surface area contributed by atoms with Gasteiger partial charge in [0.15, 0.2) is 0 Å². The lowest BCUT2D eigenvalue weighted by Crippen LogP contribution is -2.42. The van der Waals surface area contributed by atoms with E-state index in [-0.39, 0.29) is 5.82 Å². The van der Waals surface area contributed by atoms with E-state index in [0.717, 1.165) is 26.1 Å². The highest BCUT2D eigenvalue weighted by molar-refractivity contribution is 5.49. The van der Waals surface area contributed by atoms with Gasteiger partial charge in [-0.15, -0.1) is 0 Å². The summed E-state index contributed by atoms with van der Waals surface area (Å²) in [5.41, 5.74) is 3.76. The fourth-order valence-corrected chi connectivity index (χ4v) is 3.49. The van der Waals surface area contributed by atoms with Crippen molar-refractivity contribution in [3.63, 3.8) is 0 Å². The molecule has 138 valence electrons. The Morgan fingerprint density at radius 1 is 1.04 bits per heavy atom. The highest BCUT2D eigenvalue weighted by Gasteiger charge is 2.20. The van der Waals surface area contributed by atoms with E-state index in [2.05, 4.69) is 60.3 Å². The number of hydrogen-bond donors (Lipinski definition) is 0. The molecular weight excluding hydrogens is 323 g/mol. The molecule has 1 fully saturated rings. The van der Waals surface area contributed by atoms with E-state index in [1.165, 1.54) is 29.5 Å². The molecule has 0 unspecified atom stereocenters. The molecule has 1 heterocycles. The van der Waals surface area contributed by atoms with Gasteiger partial charge in [-0.1, -0.05) is 42.0 Å². The average Bonchev–Trinajstić information content (AvgIpc) is 2.67. The third kappa shape index (κ3) is 5.43. The minimum Gasteiger partial charge on any atom is -0.377 e. The number of benzene rings is 2. The van der Waals surface area contributed by atoms with Crippen LogP contribution in [0.25, 0.3) is 6.08 Å². The first-order valence-corrected chi connectivity index (χ1v) is 9.54. The molecule has 0 bridgehead atoms. The normalized spacial score (nSPS) is 16.3. The second-order valence-corrected chi connectivity index (χ2v) is 7.34. The minimum absolute atomic E-state index is 0.156. The van der Waals surface area contributed by atoms with Crippen molar-refractivity contribution in [2.75, 3.05) is 26.7 Å². The molecule has 26 heavy (non-hydrogen) atoms. The zero-order valence-electron chi connectivity index (χ0n) is 15.9. The van der Waals surface area contributed by atoms with Crippen molar-refractivity contribution >= 4 is 6.08 Å². The second-order valence-electron chi connectivity index (χ2n) is 7.34. The average molecular weight is 352 g/mol. The van der Waals surface area contributed by atoms with Crippen LogP contribution in [0.4, 0.5) is 4.39 Å². The van der Waals surface area contributed by atoms with Crippen molar-refractivity contribution in [2.24, 2.45) is 0 Å². The summed E-state index contributed by atoms with van der Waals surface area (Å²) in [6.07, 6.45) is 7.79. The summed E-state index contributed by atoms with van der Waals surface area (Å²) in [5.74, 6) is -0.156. The van der Waals surface area contributed by atoms with Gasteiger partial charge < -0.3 is 9.80 Å². The predicted octanol–water partition coefficient (Wildman–Crippen LogP) is 4.74. The van der Waals surface area contributed by atoms with Crippen molar-refractivity contribution < 1.29 is 4.39 Å². The highest BCUT2D eigenvalue weighted by atomic mass is 19.1. The molecule has 0 atom stereocenters. The summed E-state index contributed by atoms with van der Waals surface area (Å²) in [6, 6.07) is 16.1. The van der Waals surface area contributed by atoms with E-state index >= 15 is 0 Å². The monoisotopic (exact) mass is 352 g/mol. The third-order valence-electron chi connectivity index (χ3n) is 5.34. The fraction of sp³-hybridized carbons (Fsp3) is 0.391. The molecule has 2 aromatic rings. The first kappa shape index (κ1) is 18.7. The largest absolute Gasteiger partial charge is 0.377 e. The van der Waals surface area contributed by atoms with Crippen LogP contribution in [0.5, 0.6) is 0 Å². The molecule has 0 spiro atoms. The lowest BCUT2D eigenvalue weighted by atomic mass is 10.0. The van der Waals surface area contributed by atoms with E-state index in [0.29, 0.717) is 6.04 Å². The van der Waals surface area contributed by atoms with Gasteiger partial charge in [-0.2, -0.15) is 0 Å². The van der Waals surface area contributed by atoms with Crippen LogP contribution in [0.2, 0.25) is 0 Å². The molecule has 1 aliphatic heterocycles. The number of aryl methyl sites for hydroxylation is 1. The van der Waals surface area contributed by atoms with Crippen molar-refractivity contribution in [1.29, 1.82) is 0 Å². The topological polar surface area (TPSA) is 6.48 Å². The Labute approximate surface area is 156 Å². The SMILES string of the molecule is Cc1ccc(/C=C\N(C)C2CCN(CCc3ccc(F)cc3)CC2)cc1. The molecule has 3 rings (SSSR count). The third-order valence-corrected chi connectivity index (χ3v) is 5.34. The molecule has 0 aliphatic carbocycles. The molecule has 0 aromatic heterocycles. The Bertz CT molecular complexity index is 698. The fourth-order valence-electron chi connectivity index (χ4n) is 3.49.